The Hall–Kier alpha value is -4.54. The zero-order valence-electron chi connectivity index (χ0n) is 22.5. The molecule has 0 radical (unpaired) electrons. The number of fused-ring (bicyclic) bond motifs is 1. The van der Waals surface area contributed by atoms with Crippen molar-refractivity contribution in [2.75, 3.05) is 18.8 Å². The third-order valence-corrected chi connectivity index (χ3v) is 7.55. The Kier molecular flexibility index (Phi) is 7.61. The maximum Gasteiger partial charge on any atom is 0.416 e. The van der Waals surface area contributed by atoms with E-state index < -0.39 is 11.7 Å². The molecule has 2 aromatic heterocycles. The second kappa shape index (κ2) is 11.1. The molecule has 1 atom stereocenters. The van der Waals surface area contributed by atoms with E-state index in [-0.39, 0.29) is 41.1 Å². The minimum absolute atomic E-state index is 0.0578. The molecule has 5 rings (SSSR count). The fraction of sp³-hybridized carbons (Fsp3) is 0.300. The maximum absolute atomic E-state index is 13.3. The SMILES string of the molecule is C=CC(=O)N1CCCC(n2nc(-c3ccc(CCC(=O)c4cccc(C(F)(F)F)c4C)cc3)c3c(N)ncnc32)C1. The van der Waals surface area contributed by atoms with E-state index in [0.717, 1.165) is 30.0 Å². The number of anilines is 1. The number of nitrogens with zero attached hydrogens (tertiary/aromatic N) is 5. The van der Waals surface area contributed by atoms with Crippen molar-refractivity contribution in [1.29, 1.82) is 0 Å². The van der Waals surface area contributed by atoms with Crippen molar-refractivity contribution < 1.29 is 22.8 Å². The number of hydrogen-bond acceptors (Lipinski definition) is 6. The number of halogens is 3. The predicted molar refractivity (Wildman–Crippen MR) is 149 cm³/mol. The Labute approximate surface area is 234 Å². The Morgan fingerprint density at radius 2 is 1.90 bits per heavy atom. The summed E-state index contributed by atoms with van der Waals surface area (Å²) in [6.07, 6.45) is 0.258. The molecule has 1 aliphatic rings. The van der Waals surface area contributed by atoms with Gasteiger partial charge in [0.1, 0.15) is 17.8 Å². The third kappa shape index (κ3) is 5.57. The lowest BCUT2D eigenvalue weighted by molar-refractivity contribution is -0.138. The van der Waals surface area contributed by atoms with Crippen LogP contribution in [-0.4, -0.2) is 49.4 Å². The van der Waals surface area contributed by atoms with Crippen molar-refractivity contribution in [2.45, 2.75) is 44.8 Å². The Balaban J connectivity index is 1.37. The third-order valence-electron chi connectivity index (χ3n) is 7.55. The highest BCUT2D eigenvalue weighted by Crippen LogP contribution is 2.35. The minimum atomic E-state index is -4.51. The first-order valence-electron chi connectivity index (χ1n) is 13.3. The smallest absolute Gasteiger partial charge is 0.383 e. The van der Waals surface area contributed by atoms with E-state index in [2.05, 4.69) is 16.5 Å². The number of rotatable bonds is 7. The number of hydrogen-bond donors (Lipinski definition) is 1. The number of nitrogen functional groups attached to an aromatic ring is 1. The van der Waals surface area contributed by atoms with Gasteiger partial charge in [0.05, 0.1) is 17.0 Å². The molecule has 0 saturated carbocycles. The van der Waals surface area contributed by atoms with Crippen LogP contribution in [0.15, 0.2) is 61.4 Å². The number of alkyl halides is 3. The summed E-state index contributed by atoms with van der Waals surface area (Å²) in [5.74, 6) is -0.182. The van der Waals surface area contributed by atoms with Gasteiger partial charge in [0.15, 0.2) is 11.4 Å². The van der Waals surface area contributed by atoms with E-state index in [4.69, 9.17) is 10.8 Å². The summed E-state index contributed by atoms with van der Waals surface area (Å²) in [7, 11) is 0. The number of carbonyl (C=O) groups is 2. The van der Waals surface area contributed by atoms with E-state index in [9.17, 15) is 22.8 Å². The van der Waals surface area contributed by atoms with Crippen LogP contribution in [0.4, 0.5) is 19.0 Å². The van der Waals surface area contributed by atoms with Gasteiger partial charge >= 0.3 is 6.18 Å². The number of carbonyl (C=O) groups excluding carboxylic acids is 2. The number of aromatic nitrogens is 4. The van der Waals surface area contributed by atoms with Crippen molar-refractivity contribution in [2.24, 2.45) is 0 Å². The van der Waals surface area contributed by atoms with Gasteiger partial charge in [0.25, 0.3) is 0 Å². The average molecular weight is 563 g/mol. The highest BCUT2D eigenvalue weighted by Gasteiger charge is 2.33. The Bertz CT molecular complexity index is 1630. The van der Waals surface area contributed by atoms with Gasteiger partial charge in [-0.2, -0.15) is 18.3 Å². The van der Waals surface area contributed by atoms with Gasteiger partial charge in [-0.3, -0.25) is 9.59 Å². The topological polar surface area (TPSA) is 107 Å². The highest BCUT2D eigenvalue weighted by atomic mass is 19.4. The first kappa shape index (κ1) is 28.0. The number of amides is 1. The van der Waals surface area contributed by atoms with Gasteiger partial charge in [-0.25, -0.2) is 14.6 Å². The molecule has 1 fully saturated rings. The summed E-state index contributed by atoms with van der Waals surface area (Å²) in [6, 6.07) is 11.0. The molecule has 8 nitrogen and oxygen atoms in total. The van der Waals surface area contributed by atoms with Gasteiger partial charge in [0.2, 0.25) is 5.91 Å². The largest absolute Gasteiger partial charge is 0.416 e. The maximum atomic E-state index is 13.3. The number of Topliss-reactive ketones (excluding diaryl/α,β-unsaturated/α-hetero) is 1. The highest BCUT2D eigenvalue weighted by molar-refractivity contribution is 5.99. The average Bonchev–Trinajstić information content (AvgIpc) is 3.36. The molecular weight excluding hydrogens is 533 g/mol. The normalized spacial score (nSPS) is 15.7. The second-order valence-corrected chi connectivity index (χ2v) is 10.1. The van der Waals surface area contributed by atoms with Crippen LogP contribution in [0.3, 0.4) is 0 Å². The van der Waals surface area contributed by atoms with Crippen LogP contribution in [-0.2, 0) is 17.4 Å². The summed E-state index contributed by atoms with van der Waals surface area (Å²) in [4.78, 5) is 35.4. The summed E-state index contributed by atoms with van der Waals surface area (Å²) in [5.41, 5.74) is 8.30. The van der Waals surface area contributed by atoms with Crippen molar-refractivity contribution in [3.05, 3.63) is 83.7 Å². The lowest BCUT2D eigenvalue weighted by atomic mass is 9.95. The Morgan fingerprint density at radius 1 is 1.15 bits per heavy atom. The number of likely N-dealkylation sites (tertiary alicyclic amines) is 1. The fourth-order valence-electron chi connectivity index (χ4n) is 5.40. The van der Waals surface area contributed by atoms with Crippen LogP contribution in [0.25, 0.3) is 22.3 Å². The number of nitrogens with two attached hydrogens (primary N) is 1. The first-order valence-corrected chi connectivity index (χ1v) is 13.3. The monoisotopic (exact) mass is 562 g/mol. The molecule has 3 heterocycles. The molecule has 0 bridgehead atoms. The molecule has 1 unspecified atom stereocenters. The van der Waals surface area contributed by atoms with Gasteiger partial charge < -0.3 is 10.6 Å². The molecule has 0 spiro atoms. The quantitative estimate of drug-likeness (QED) is 0.233. The lowest BCUT2D eigenvalue weighted by Gasteiger charge is -2.32. The van der Waals surface area contributed by atoms with E-state index >= 15 is 0 Å². The number of piperidine rings is 1. The molecule has 11 heteroatoms. The van der Waals surface area contributed by atoms with Crippen LogP contribution >= 0.6 is 0 Å². The van der Waals surface area contributed by atoms with E-state index in [1.807, 2.05) is 28.9 Å². The molecule has 2 aromatic carbocycles. The van der Waals surface area contributed by atoms with E-state index in [0.29, 0.717) is 36.2 Å². The molecule has 1 amide bonds. The number of benzene rings is 2. The van der Waals surface area contributed by atoms with Crippen LogP contribution in [0.5, 0.6) is 0 Å². The predicted octanol–water partition coefficient (Wildman–Crippen LogP) is 5.57. The molecule has 41 heavy (non-hydrogen) atoms. The van der Waals surface area contributed by atoms with Crippen molar-refractivity contribution in [3.63, 3.8) is 0 Å². The van der Waals surface area contributed by atoms with Crippen LogP contribution in [0.1, 0.15) is 52.4 Å². The second-order valence-electron chi connectivity index (χ2n) is 10.1. The Morgan fingerprint density at radius 3 is 2.61 bits per heavy atom. The number of aryl methyl sites for hydroxylation is 1. The molecule has 0 aliphatic carbocycles. The summed E-state index contributed by atoms with van der Waals surface area (Å²) in [6.45, 7) is 6.05. The van der Waals surface area contributed by atoms with Crippen molar-refractivity contribution >= 4 is 28.5 Å². The standard InChI is InChI=1S/C30H29F3N6O2/c1-3-25(41)38-15-5-6-21(16-38)39-29-26(28(34)35-17-36-29)27(37-39)20-12-9-19(10-13-20)11-14-24(40)22-7-4-8-23(18(22)2)30(31,32)33/h3-4,7-10,12-13,17,21H,1,5-6,11,14-16H2,2H3,(H2,34,35,36). The molecular formula is C30H29F3N6O2. The molecule has 1 aliphatic heterocycles. The van der Waals surface area contributed by atoms with Gasteiger partial charge in [-0.15, -0.1) is 0 Å². The lowest BCUT2D eigenvalue weighted by Crippen LogP contribution is -2.40. The molecule has 4 aromatic rings. The number of ketones is 1. The fourth-order valence-corrected chi connectivity index (χ4v) is 5.40. The van der Waals surface area contributed by atoms with Gasteiger partial charge in [0, 0.05) is 30.6 Å². The zero-order valence-corrected chi connectivity index (χ0v) is 22.5. The van der Waals surface area contributed by atoms with Crippen LogP contribution < -0.4 is 5.73 Å². The van der Waals surface area contributed by atoms with Gasteiger partial charge in [-0.05, 0) is 49.5 Å². The van der Waals surface area contributed by atoms with E-state index in [1.165, 1.54) is 31.5 Å². The molecule has 2 N–H and O–H groups in total. The van der Waals surface area contributed by atoms with Crippen LogP contribution in [0, 0.1) is 6.92 Å². The van der Waals surface area contributed by atoms with Crippen LogP contribution in [0.2, 0.25) is 0 Å². The zero-order chi connectivity index (χ0) is 29.3. The summed E-state index contributed by atoms with van der Waals surface area (Å²) < 4.78 is 41.6. The summed E-state index contributed by atoms with van der Waals surface area (Å²) >= 11 is 0. The van der Waals surface area contributed by atoms with E-state index in [1.54, 1.807) is 4.90 Å². The summed E-state index contributed by atoms with van der Waals surface area (Å²) in [5, 5.41) is 5.48. The first-order chi connectivity index (χ1) is 19.6. The molecule has 212 valence electrons. The van der Waals surface area contributed by atoms with Crippen molar-refractivity contribution in [1.82, 2.24) is 24.6 Å². The van der Waals surface area contributed by atoms with Crippen molar-refractivity contribution in [3.8, 4) is 11.3 Å². The molecule has 1 saturated heterocycles. The minimum Gasteiger partial charge on any atom is -0.383 e. The van der Waals surface area contributed by atoms with Gasteiger partial charge in [-0.1, -0.05) is 43.0 Å².